The summed E-state index contributed by atoms with van der Waals surface area (Å²) >= 11 is 1.79. The van der Waals surface area contributed by atoms with Gasteiger partial charge in [-0.1, -0.05) is 30.3 Å². The van der Waals surface area contributed by atoms with Gasteiger partial charge in [-0.15, -0.1) is 11.3 Å². The van der Waals surface area contributed by atoms with Gasteiger partial charge in [0.1, 0.15) is 0 Å². The predicted octanol–water partition coefficient (Wildman–Crippen LogP) is 4.46. The number of carboxylic acid groups (broad SMARTS) is 1. The Hall–Kier alpha value is -1.61. The molecule has 1 saturated carbocycles. The quantitative estimate of drug-likeness (QED) is 0.901. The Labute approximate surface area is 123 Å². The summed E-state index contributed by atoms with van der Waals surface area (Å²) in [6.07, 6.45) is 3.77. The second-order valence-corrected chi connectivity index (χ2v) is 6.58. The van der Waals surface area contributed by atoms with Gasteiger partial charge in [0.2, 0.25) is 0 Å². The van der Waals surface area contributed by atoms with E-state index in [1.807, 2.05) is 6.07 Å². The largest absolute Gasteiger partial charge is 0.481 e. The van der Waals surface area contributed by atoms with Crippen molar-refractivity contribution in [3.05, 3.63) is 46.7 Å². The molecular formula is C17H18O2S. The van der Waals surface area contributed by atoms with Crippen molar-refractivity contribution in [3.8, 4) is 11.1 Å². The number of rotatable bonds is 4. The van der Waals surface area contributed by atoms with Crippen LogP contribution in [0.2, 0.25) is 0 Å². The summed E-state index contributed by atoms with van der Waals surface area (Å²) in [6, 6.07) is 12.7. The van der Waals surface area contributed by atoms with Crippen LogP contribution in [0.1, 0.15) is 24.1 Å². The number of hydrogen-bond donors (Lipinski definition) is 1. The Morgan fingerprint density at radius 1 is 1.20 bits per heavy atom. The number of aliphatic carboxylic acids is 1. The lowest BCUT2D eigenvalue weighted by molar-refractivity contribution is -0.141. The summed E-state index contributed by atoms with van der Waals surface area (Å²) in [6.45, 7) is 0. The lowest BCUT2D eigenvalue weighted by Gasteiger charge is -2.07. The molecule has 3 heteroatoms. The summed E-state index contributed by atoms with van der Waals surface area (Å²) in [4.78, 5) is 12.4. The Morgan fingerprint density at radius 3 is 2.70 bits per heavy atom. The van der Waals surface area contributed by atoms with E-state index in [0.29, 0.717) is 5.92 Å². The van der Waals surface area contributed by atoms with E-state index in [0.717, 1.165) is 25.7 Å². The van der Waals surface area contributed by atoms with Crippen LogP contribution in [0.3, 0.4) is 0 Å². The fourth-order valence-corrected chi connectivity index (χ4v) is 4.05. The van der Waals surface area contributed by atoms with Crippen LogP contribution in [-0.2, 0) is 11.2 Å². The summed E-state index contributed by atoms with van der Waals surface area (Å²) in [5.41, 5.74) is 2.53. The maximum atomic E-state index is 11.0. The second-order valence-electron chi connectivity index (χ2n) is 5.59. The number of hydrogen-bond acceptors (Lipinski definition) is 2. The molecule has 2 nitrogen and oxygen atoms in total. The van der Waals surface area contributed by atoms with Crippen molar-refractivity contribution in [3.63, 3.8) is 0 Å². The van der Waals surface area contributed by atoms with E-state index in [4.69, 9.17) is 5.11 Å². The number of benzene rings is 1. The van der Waals surface area contributed by atoms with E-state index in [2.05, 4.69) is 35.7 Å². The first kappa shape index (κ1) is 13.4. The van der Waals surface area contributed by atoms with Crippen molar-refractivity contribution >= 4 is 17.3 Å². The van der Waals surface area contributed by atoms with Gasteiger partial charge >= 0.3 is 5.97 Å². The van der Waals surface area contributed by atoms with Crippen LogP contribution >= 0.6 is 11.3 Å². The Bertz CT molecular complexity index is 588. The van der Waals surface area contributed by atoms with Gasteiger partial charge < -0.3 is 5.11 Å². The van der Waals surface area contributed by atoms with Gasteiger partial charge in [0.05, 0.1) is 5.92 Å². The van der Waals surface area contributed by atoms with E-state index >= 15 is 0 Å². The zero-order valence-electron chi connectivity index (χ0n) is 11.3. The van der Waals surface area contributed by atoms with Crippen LogP contribution in [0.15, 0.2) is 41.8 Å². The highest BCUT2D eigenvalue weighted by atomic mass is 32.1. The summed E-state index contributed by atoms with van der Waals surface area (Å²) in [5, 5.41) is 11.3. The van der Waals surface area contributed by atoms with Gasteiger partial charge in [0.25, 0.3) is 0 Å². The first-order valence-corrected chi connectivity index (χ1v) is 7.96. The fourth-order valence-electron chi connectivity index (χ4n) is 3.04. The molecule has 2 atom stereocenters. The van der Waals surface area contributed by atoms with E-state index in [1.54, 1.807) is 11.3 Å². The zero-order chi connectivity index (χ0) is 13.9. The molecule has 0 bridgehead atoms. The minimum Gasteiger partial charge on any atom is -0.481 e. The van der Waals surface area contributed by atoms with Crippen molar-refractivity contribution in [2.75, 3.05) is 0 Å². The minimum atomic E-state index is -0.622. The molecule has 1 aliphatic carbocycles. The van der Waals surface area contributed by atoms with E-state index in [-0.39, 0.29) is 5.92 Å². The summed E-state index contributed by atoms with van der Waals surface area (Å²) < 4.78 is 0. The fraction of sp³-hybridized carbons (Fsp3) is 0.353. The highest BCUT2D eigenvalue weighted by Crippen LogP contribution is 2.35. The topological polar surface area (TPSA) is 37.3 Å². The molecule has 1 N–H and O–H groups in total. The average molecular weight is 286 g/mol. The molecule has 1 aromatic heterocycles. The predicted molar refractivity (Wildman–Crippen MR) is 81.9 cm³/mol. The highest BCUT2D eigenvalue weighted by molar-refractivity contribution is 7.10. The van der Waals surface area contributed by atoms with Crippen LogP contribution in [-0.4, -0.2) is 11.1 Å². The van der Waals surface area contributed by atoms with Crippen molar-refractivity contribution in [2.45, 2.75) is 25.7 Å². The van der Waals surface area contributed by atoms with Gasteiger partial charge in [0.15, 0.2) is 0 Å². The number of carboxylic acids is 1. The molecule has 20 heavy (non-hydrogen) atoms. The SMILES string of the molecule is O=C(O)[C@@H]1CC[C@@H](Cc2cc(-c3ccccc3)cs2)C1. The first-order valence-electron chi connectivity index (χ1n) is 7.08. The van der Waals surface area contributed by atoms with Crippen molar-refractivity contribution in [2.24, 2.45) is 11.8 Å². The molecule has 2 aromatic rings. The molecule has 0 saturated heterocycles. The van der Waals surface area contributed by atoms with Crippen LogP contribution in [0.4, 0.5) is 0 Å². The van der Waals surface area contributed by atoms with Gasteiger partial charge in [-0.2, -0.15) is 0 Å². The average Bonchev–Trinajstić information content (AvgIpc) is 3.10. The number of thiophene rings is 1. The van der Waals surface area contributed by atoms with Gasteiger partial charge in [-0.05, 0) is 54.2 Å². The van der Waals surface area contributed by atoms with Crippen molar-refractivity contribution in [1.82, 2.24) is 0 Å². The van der Waals surface area contributed by atoms with E-state index in [1.165, 1.54) is 16.0 Å². The molecular weight excluding hydrogens is 268 g/mol. The second kappa shape index (κ2) is 5.80. The van der Waals surface area contributed by atoms with Gasteiger partial charge in [0, 0.05) is 4.88 Å². The molecule has 1 heterocycles. The monoisotopic (exact) mass is 286 g/mol. The van der Waals surface area contributed by atoms with Crippen LogP contribution in [0.5, 0.6) is 0 Å². The standard InChI is InChI=1S/C17H18O2S/c18-17(19)14-7-6-12(8-14)9-16-10-15(11-20-16)13-4-2-1-3-5-13/h1-5,10-12,14H,6-9H2,(H,18,19)/t12-,14-/m1/s1. The molecule has 104 valence electrons. The molecule has 1 aromatic carbocycles. The Morgan fingerprint density at radius 2 is 2.00 bits per heavy atom. The van der Waals surface area contributed by atoms with Crippen molar-refractivity contribution < 1.29 is 9.90 Å². The third-order valence-electron chi connectivity index (χ3n) is 4.14. The van der Waals surface area contributed by atoms with Gasteiger partial charge in [-0.3, -0.25) is 4.79 Å². The molecule has 1 aliphatic rings. The third kappa shape index (κ3) is 2.93. The lowest BCUT2D eigenvalue weighted by Crippen LogP contribution is -2.10. The highest BCUT2D eigenvalue weighted by Gasteiger charge is 2.29. The summed E-state index contributed by atoms with van der Waals surface area (Å²) in [5.74, 6) is -0.199. The Kier molecular flexibility index (Phi) is 3.88. The summed E-state index contributed by atoms with van der Waals surface area (Å²) in [7, 11) is 0. The molecule has 1 fully saturated rings. The van der Waals surface area contributed by atoms with Crippen LogP contribution in [0.25, 0.3) is 11.1 Å². The Balaban J connectivity index is 1.65. The maximum Gasteiger partial charge on any atom is 0.306 e. The van der Waals surface area contributed by atoms with Crippen LogP contribution < -0.4 is 0 Å². The zero-order valence-corrected chi connectivity index (χ0v) is 12.1. The molecule has 0 radical (unpaired) electrons. The maximum absolute atomic E-state index is 11.0. The molecule has 0 unspecified atom stereocenters. The van der Waals surface area contributed by atoms with Gasteiger partial charge in [-0.25, -0.2) is 0 Å². The normalized spacial score (nSPS) is 22.0. The van der Waals surface area contributed by atoms with E-state index < -0.39 is 5.97 Å². The molecule has 0 spiro atoms. The smallest absolute Gasteiger partial charge is 0.306 e. The molecule has 3 rings (SSSR count). The minimum absolute atomic E-state index is 0.117. The molecule has 0 aliphatic heterocycles. The molecule has 0 amide bonds. The van der Waals surface area contributed by atoms with E-state index in [9.17, 15) is 4.79 Å². The first-order chi connectivity index (χ1) is 9.72. The van der Waals surface area contributed by atoms with Crippen molar-refractivity contribution in [1.29, 1.82) is 0 Å². The third-order valence-corrected chi connectivity index (χ3v) is 5.10. The lowest BCUT2D eigenvalue weighted by atomic mass is 10.00. The van der Waals surface area contributed by atoms with Crippen LogP contribution in [0, 0.1) is 11.8 Å². The number of carbonyl (C=O) groups is 1.